The Kier molecular flexibility index (Phi) is 5.58. The number of nitrogens with zero attached hydrogens (tertiary/aromatic N) is 1. The third-order valence-electron chi connectivity index (χ3n) is 3.32. The number of benzene rings is 2. The van der Waals surface area contributed by atoms with E-state index in [0.717, 1.165) is 10.6 Å². The second-order valence-corrected chi connectivity index (χ2v) is 7.12. The molecule has 0 heterocycles. The Hall–Kier alpha value is -2.68. The van der Waals surface area contributed by atoms with Crippen molar-refractivity contribution in [2.45, 2.75) is 6.61 Å². The lowest BCUT2D eigenvalue weighted by Gasteiger charge is -2.19. The SMILES string of the molecule is CN(c1ccccc1C(=O)Nc1ccc(OC(F)F)cc1)S(C)(=O)=O. The van der Waals surface area contributed by atoms with Crippen LogP contribution in [0.15, 0.2) is 48.5 Å². The Balaban J connectivity index is 2.22. The van der Waals surface area contributed by atoms with Gasteiger partial charge in [-0.3, -0.25) is 9.10 Å². The summed E-state index contributed by atoms with van der Waals surface area (Å²) in [6, 6.07) is 11.6. The molecule has 0 aromatic heterocycles. The van der Waals surface area contributed by atoms with Gasteiger partial charge in [-0.2, -0.15) is 8.78 Å². The maximum Gasteiger partial charge on any atom is 0.387 e. The Morgan fingerprint density at radius 3 is 2.28 bits per heavy atom. The van der Waals surface area contributed by atoms with Crippen LogP contribution in [-0.2, 0) is 10.0 Å². The number of carbonyl (C=O) groups excluding carboxylic acids is 1. The van der Waals surface area contributed by atoms with E-state index >= 15 is 0 Å². The van der Waals surface area contributed by atoms with Crippen molar-refractivity contribution in [3.63, 3.8) is 0 Å². The van der Waals surface area contributed by atoms with Gasteiger partial charge in [-0.1, -0.05) is 12.1 Å². The van der Waals surface area contributed by atoms with Gasteiger partial charge in [-0.15, -0.1) is 0 Å². The Morgan fingerprint density at radius 1 is 1.12 bits per heavy atom. The predicted octanol–water partition coefficient (Wildman–Crippen LogP) is 2.94. The average Bonchev–Trinajstić information content (AvgIpc) is 2.54. The lowest BCUT2D eigenvalue weighted by Crippen LogP contribution is -2.27. The Morgan fingerprint density at radius 2 is 1.72 bits per heavy atom. The monoisotopic (exact) mass is 370 g/mol. The quantitative estimate of drug-likeness (QED) is 0.848. The second kappa shape index (κ2) is 7.47. The molecule has 1 N–H and O–H groups in total. The van der Waals surface area contributed by atoms with Crippen molar-refractivity contribution in [3.05, 3.63) is 54.1 Å². The number of anilines is 2. The van der Waals surface area contributed by atoms with Crippen LogP contribution < -0.4 is 14.4 Å². The summed E-state index contributed by atoms with van der Waals surface area (Å²) in [5.74, 6) is -0.571. The molecule has 0 unspecified atom stereocenters. The molecule has 2 rings (SSSR count). The Labute approximate surface area is 144 Å². The van der Waals surface area contributed by atoms with E-state index in [2.05, 4.69) is 10.1 Å². The lowest BCUT2D eigenvalue weighted by atomic mass is 10.1. The van der Waals surface area contributed by atoms with Crippen LogP contribution in [0.1, 0.15) is 10.4 Å². The van der Waals surface area contributed by atoms with E-state index in [1.165, 1.54) is 43.4 Å². The minimum atomic E-state index is -3.54. The van der Waals surface area contributed by atoms with Gasteiger partial charge in [0.1, 0.15) is 5.75 Å². The van der Waals surface area contributed by atoms with Crippen LogP contribution in [-0.4, -0.2) is 34.2 Å². The highest BCUT2D eigenvalue weighted by atomic mass is 32.2. The van der Waals surface area contributed by atoms with Gasteiger partial charge in [0, 0.05) is 12.7 Å². The highest BCUT2D eigenvalue weighted by Crippen LogP contribution is 2.23. The summed E-state index contributed by atoms with van der Waals surface area (Å²) in [5.41, 5.74) is 0.729. The van der Waals surface area contributed by atoms with E-state index in [4.69, 9.17) is 0 Å². The van der Waals surface area contributed by atoms with Gasteiger partial charge < -0.3 is 10.1 Å². The van der Waals surface area contributed by atoms with Crippen LogP contribution in [0.25, 0.3) is 0 Å². The number of sulfonamides is 1. The molecule has 2 aromatic rings. The minimum Gasteiger partial charge on any atom is -0.435 e. The molecule has 0 atom stereocenters. The molecule has 0 aliphatic carbocycles. The zero-order valence-electron chi connectivity index (χ0n) is 13.4. The number of ether oxygens (including phenoxy) is 1. The van der Waals surface area contributed by atoms with Gasteiger partial charge in [0.15, 0.2) is 0 Å². The van der Waals surface area contributed by atoms with Crippen LogP contribution in [0.2, 0.25) is 0 Å². The number of alkyl halides is 2. The topological polar surface area (TPSA) is 75.7 Å². The maximum atomic E-state index is 12.4. The largest absolute Gasteiger partial charge is 0.435 e. The van der Waals surface area contributed by atoms with Crippen molar-refractivity contribution in [3.8, 4) is 5.75 Å². The summed E-state index contributed by atoms with van der Waals surface area (Å²) in [6.45, 7) is -2.93. The molecule has 134 valence electrons. The van der Waals surface area contributed by atoms with E-state index in [1.54, 1.807) is 12.1 Å². The number of para-hydroxylation sites is 1. The molecular formula is C16H16F2N2O4S. The van der Waals surface area contributed by atoms with Crippen molar-refractivity contribution < 1.29 is 26.7 Å². The molecule has 0 bridgehead atoms. The van der Waals surface area contributed by atoms with Gasteiger partial charge >= 0.3 is 6.61 Å². The molecule has 2 aromatic carbocycles. The summed E-state index contributed by atoms with van der Waals surface area (Å²) in [5, 5.41) is 2.58. The van der Waals surface area contributed by atoms with Gasteiger partial charge in [-0.05, 0) is 36.4 Å². The highest BCUT2D eigenvalue weighted by Gasteiger charge is 2.19. The summed E-state index contributed by atoms with van der Waals surface area (Å²) in [6.07, 6.45) is 1.03. The van der Waals surface area contributed by atoms with E-state index in [1.807, 2.05) is 0 Å². The second-order valence-electron chi connectivity index (χ2n) is 5.10. The van der Waals surface area contributed by atoms with Crippen molar-refractivity contribution in [1.29, 1.82) is 0 Å². The smallest absolute Gasteiger partial charge is 0.387 e. The fourth-order valence-electron chi connectivity index (χ4n) is 2.04. The van der Waals surface area contributed by atoms with Crippen molar-refractivity contribution in [1.82, 2.24) is 0 Å². The van der Waals surface area contributed by atoms with Crippen molar-refractivity contribution in [2.75, 3.05) is 22.9 Å². The van der Waals surface area contributed by atoms with E-state index < -0.39 is 22.5 Å². The number of amides is 1. The Bertz CT molecular complexity index is 855. The molecular weight excluding hydrogens is 354 g/mol. The average molecular weight is 370 g/mol. The van der Waals surface area contributed by atoms with Crippen LogP contribution >= 0.6 is 0 Å². The summed E-state index contributed by atoms with van der Waals surface area (Å²) >= 11 is 0. The molecule has 9 heteroatoms. The molecule has 0 saturated heterocycles. The number of nitrogens with one attached hydrogen (secondary N) is 1. The first kappa shape index (κ1) is 18.7. The van der Waals surface area contributed by atoms with Crippen LogP contribution in [0.3, 0.4) is 0 Å². The zero-order chi connectivity index (χ0) is 18.6. The zero-order valence-corrected chi connectivity index (χ0v) is 14.3. The standard InChI is InChI=1S/C16H16F2N2O4S/c1-20(25(2,22)23)14-6-4-3-5-13(14)15(21)19-11-7-9-12(10-8-11)24-16(17)18/h3-10,16H,1-2H3,(H,19,21). The molecule has 0 aliphatic rings. The first-order valence-electron chi connectivity index (χ1n) is 7.07. The van der Waals surface area contributed by atoms with Crippen molar-refractivity contribution >= 4 is 27.3 Å². The van der Waals surface area contributed by atoms with E-state index in [9.17, 15) is 22.0 Å². The molecule has 0 aliphatic heterocycles. The number of carbonyl (C=O) groups is 1. The van der Waals surface area contributed by atoms with Crippen molar-refractivity contribution in [2.24, 2.45) is 0 Å². The van der Waals surface area contributed by atoms with Gasteiger partial charge in [-0.25, -0.2) is 8.42 Å². The lowest BCUT2D eigenvalue weighted by molar-refractivity contribution is -0.0498. The van der Waals surface area contributed by atoms with Gasteiger partial charge in [0.25, 0.3) is 5.91 Å². The molecule has 0 radical (unpaired) electrons. The number of hydrogen-bond donors (Lipinski definition) is 1. The molecule has 1 amide bonds. The minimum absolute atomic E-state index is 0.0368. The fraction of sp³-hybridized carbons (Fsp3) is 0.188. The number of hydrogen-bond acceptors (Lipinski definition) is 4. The molecule has 6 nitrogen and oxygen atoms in total. The van der Waals surface area contributed by atoms with Gasteiger partial charge in [0.05, 0.1) is 17.5 Å². The predicted molar refractivity (Wildman–Crippen MR) is 90.7 cm³/mol. The molecule has 0 fully saturated rings. The third-order valence-corrected chi connectivity index (χ3v) is 4.51. The summed E-state index contributed by atoms with van der Waals surface area (Å²) in [4.78, 5) is 12.4. The number of halogens is 2. The van der Waals surface area contributed by atoms with Crippen LogP contribution in [0, 0.1) is 0 Å². The summed E-state index contributed by atoms with van der Waals surface area (Å²) < 4.78 is 52.9. The van der Waals surface area contributed by atoms with Crippen LogP contribution in [0.4, 0.5) is 20.2 Å². The molecule has 0 saturated carbocycles. The molecule has 25 heavy (non-hydrogen) atoms. The van der Waals surface area contributed by atoms with E-state index in [0.29, 0.717) is 5.69 Å². The fourth-order valence-corrected chi connectivity index (χ4v) is 2.55. The normalized spacial score (nSPS) is 11.2. The summed E-state index contributed by atoms with van der Waals surface area (Å²) in [7, 11) is -2.19. The van der Waals surface area contributed by atoms with Crippen LogP contribution in [0.5, 0.6) is 5.75 Å². The first-order valence-corrected chi connectivity index (χ1v) is 8.92. The third kappa shape index (κ3) is 4.90. The van der Waals surface area contributed by atoms with Gasteiger partial charge in [0.2, 0.25) is 10.0 Å². The highest BCUT2D eigenvalue weighted by molar-refractivity contribution is 7.92. The maximum absolute atomic E-state index is 12.4. The molecule has 0 spiro atoms. The number of rotatable bonds is 6. The van der Waals surface area contributed by atoms with E-state index in [-0.39, 0.29) is 17.0 Å². The first-order chi connectivity index (χ1) is 11.7.